The van der Waals surface area contributed by atoms with Gasteiger partial charge in [0.25, 0.3) is 5.91 Å². The molecule has 1 aliphatic heterocycles. The number of rotatable bonds is 4. The minimum absolute atomic E-state index is 0.124. The van der Waals surface area contributed by atoms with Gasteiger partial charge in [-0.05, 0) is 37.3 Å². The fourth-order valence-corrected chi connectivity index (χ4v) is 3.76. The highest BCUT2D eigenvalue weighted by atomic mass is 16.5. The lowest BCUT2D eigenvalue weighted by molar-refractivity contribution is -0.141. The number of phenolic OH excluding ortho intramolecular Hbond substituents is 1. The van der Waals surface area contributed by atoms with Gasteiger partial charge in [0.15, 0.2) is 5.65 Å². The van der Waals surface area contributed by atoms with E-state index in [-0.39, 0.29) is 30.1 Å². The van der Waals surface area contributed by atoms with Crippen molar-refractivity contribution in [1.82, 2.24) is 25.4 Å². The van der Waals surface area contributed by atoms with Crippen LogP contribution in [0.25, 0.3) is 22.3 Å². The largest absolute Gasteiger partial charge is 0.508 e. The third-order valence-corrected chi connectivity index (χ3v) is 5.34. The average Bonchev–Trinajstić information content (AvgIpc) is 3.14. The molecule has 156 valence electrons. The lowest BCUT2D eigenvalue weighted by Crippen LogP contribution is -2.54. The number of carbonyl (C=O) groups excluding carboxylic acids is 2. The van der Waals surface area contributed by atoms with Crippen LogP contribution in [0.4, 0.5) is 0 Å². The maximum atomic E-state index is 13.6. The molecular weight excluding hydrogens is 386 g/mol. The van der Waals surface area contributed by atoms with E-state index in [0.717, 1.165) is 11.3 Å². The summed E-state index contributed by atoms with van der Waals surface area (Å²) in [6, 6.07) is 8.06. The van der Waals surface area contributed by atoms with Crippen LogP contribution in [0.5, 0.6) is 5.75 Å². The number of methoxy groups -OCH3 is 1. The molecule has 30 heavy (non-hydrogen) atoms. The molecule has 1 amide bonds. The number of fused-ring (bicyclic) bond motifs is 1. The number of aryl methyl sites for hydroxylation is 1. The quantitative estimate of drug-likeness (QED) is 0.560. The molecule has 3 heterocycles. The van der Waals surface area contributed by atoms with E-state index in [9.17, 15) is 14.7 Å². The van der Waals surface area contributed by atoms with Gasteiger partial charge in [-0.25, -0.2) is 4.98 Å². The van der Waals surface area contributed by atoms with Crippen molar-refractivity contribution in [3.05, 3.63) is 41.6 Å². The summed E-state index contributed by atoms with van der Waals surface area (Å²) in [5.74, 6) is -0.383. The molecule has 3 aromatic rings. The van der Waals surface area contributed by atoms with Crippen LogP contribution in [0.1, 0.15) is 22.5 Å². The predicted molar refractivity (Wildman–Crippen MR) is 110 cm³/mol. The lowest BCUT2D eigenvalue weighted by atomic mass is 10.0. The van der Waals surface area contributed by atoms with E-state index in [1.165, 1.54) is 7.11 Å². The fraction of sp³-hybridized carbons (Fsp3) is 0.333. The van der Waals surface area contributed by atoms with Gasteiger partial charge in [0.2, 0.25) is 0 Å². The van der Waals surface area contributed by atoms with Gasteiger partial charge in [0, 0.05) is 30.9 Å². The summed E-state index contributed by atoms with van der Waals surface area (Å²) in [4.78, 5) is 31.8. The molecule has 0 spiro atoms. The molecule has 1 aliphatic rings. The summed E-state index contributed by atoms with van der Waals surface area (Å²) in [5.41, 5.74) is 3.01. The number of benzene rings is 1. The summed E-state index contributed by atoms with van der Waals surface area (Å²) >= 11 is 0. The Balaban J connectivity index is 1.78. The van der Waals surface area contributed by atoms with E-state index >= 15 is 0 Å². The third kappa shape index (κ3) is 3.71. The zero-order valence-corrected chi connectivity index (χ0v) is 16.8. The van der Waals surface area contributed by atoms with Crippen molar-refractivity contribution < 1.29 is 19.4 Å². The molecule has 0 radical (unpaired) electrons. The SMILES string of the molecule is COC(=O)CC1CNCCN1C(=O)c1cc(-c2ccc(O)cc2)nc2n[nH]c(C)c12. The first-order valence-corrected chi connectivity index (χ1v) is 9.71. The Bertz CT molecular complexity index is 1090. The first-order valence-electron chi connectivity index (χ1n) is 9.71. The number of hydrogen-bond acceptors (Lipinski definition) is 7. The Morgan fingerprint density at radius 2 is 2.07 bits per heavy atom. The number of carbonyl (C=O) groups is 2. The van der Waals surface area contributed by atoms with E-state index in [0.29, 0.717) is 41.9 Å². The number of phenols is 1. The second kappa shape index (κ2) is 8.11. The second-order valence-electron chi connectivity index (χ2n) is 7.29. The van der Waals surface area contributed by atoms with Crippen molar-refractivity contribution in [1.29, 1.82) is 0 Å². The van der Waals surface area contributed by atoms with Crippen molar-refractivity contribution in [2.24, 2.45) is 0 Å². The zero-order chi connectivity index (χ0) is 21.3. The maximum Gasteiger partial charge on any atom is 0.307 e. The van der Waals surface area contributed by atoms with Crippen LogP contribution in [-0.2, 0) is 9.53 Å². The number of piperazine rings is 1. The minimum atomic E-state index is -0.356. The molecule has 0 bridgehead atoms. The van der Waals surface area contributed by atoms with Gasteiger partial charge in [-0.2, -0.15) is 5.10 Å². The zero-order valence-electron chi connectivity index (χ0n) is 16.8. The van der Waals surface area contributed by atoms with Crippen LogP contribution in [0.2, 0.25) is 0 Å². The Hall–Kier alpha value is -3.46. The van der Waals surface area contributed by atoms with Crippen molar-refractivity contribution >= 4 is 22.9 Å². The molecule has 9 heteroatoms. The first-order chi connectivity index (χ1) is 14.5. The van der Waals surface area contributed by atoms with Crippen molar-refractivity contribution in [2.75, 3.05) is 26.7 Å². The minimum Gasteiger partial charge on any atom is -0.508 e. The van der Waals surface area contributed by atoms with Gasteiger partial charge in [-0.1, -0.05) is 0 Å². The summed E-state index contributed by atoms with van der Waals surface area (Å²) in [5, 5.41) is 20.6. The number of nitrogens with zero attached hydrogens (tertiary/aromatic N) is 3. The highest BCUT2D eigenvalue weighted by molar-refractivity contribution is 6.07. The Morgan fingerprint density at radius 1 is 1.30 bits per heavy atom. The van der Waals surface area contributed by atoms with Gasteiger partial charge in [0.05, 0.1) is 36.2 Å². The molecule has 9 nitrogen and oxygen atoms in total. The number of aromatic amines is 1. The number of ether oxygens (including phenoxy) is 1. The van der Waals surface area contributed by atoms with Crippen LogP contribution >= 0.6 is 0 Å². The van der Waals surface area contributed by atoms with Crippen molar-refractivity contribution in [3.8, 4) is 17.0 Å². The first kappa shape index (κ1) is 19.8. The van der Waals surface area contributed by atoms with Crippen LogP contribution < -0.4 is 5.32 Å². The molecule has 1 saturated heterocycles. The molecule has 1 atom stereocenters. The average molecular weight is 409 g/mol. The summed E-state index contributed by atoms with van der Waals surface area (Å²) in [7, 11) is 1.34. The number of esters is 1. The number of hydrogen-bond donors (Lipinski definition) is 3. The van der Waals surface area contributed by atoms with Gasteiger partial charge >= 0.3 is 5.97 Å². The monoisotopic (exact) mass is 409 g/mol. The summed E-state index contributed by atoms with van der Waals surface area (Å²) in [6.07, 6.45) is 0.124. The molecular formula is C21H23N5O4. The lowest BCUT2D eigenvalue weighted by Gasteiger charge is -2.36. The summed E-state index contributed by atoms with van der Waals surface area (Å²) < 4.78 is 4.80. The van der Waals surface area contributed by atoms with Crippen LogP contribution in [0.3, 0.4) is 0 Å². The smallest absolute Gasteiger partial charge is 0.307 e. The van der Waals surface area contributed by atoms with Crippen molar-refractivity contribution in [2.45, 2.75) is 19.4 Å². The third-order valence-electron chi connectivity index (χ3n) is 5.34. The van der Waals surface area contributed by atoms with E-state index in [2.05, 4.69) is 20.5 Å². The van der Waals surface area contributed by atoms with E-state index in [1.807, 2.05) is 6.92 Å². The Morgan fingerprint density at radius 3 is 2.80 bits per heavy atom. The normalized spacial score (nSPS) is 16.6. The summed E-state index contributed by atoms with van der Waals surface area (Å²) in [6.45, 7) is 3.49. The maximum absolute atomic E-state index is 13.6. The molecule has 3 N–H and O–H groups in total. The number of aromatic hydroxyl groups is 1. The molecule has 1 fully saturated rings. The topological polar surface area (TPSA) is 120 Å². The fourth-order valence-electron chi connectivity index (χ4n) is 3.76. The Labute approximate surface area is 173 Å². The predicted octanol–water partition coefficient (Wildman–Crippen LogP) is 1.62. The molecule has 0 saturated carbocycles. The standard InChI is InChI=1S/C21H23N5O4/c1-12-19-16(21(29)26-8-7-22-11-14(26)9-18(28)30-2)10-17(23-20(19)25-24-12)13-3-5-15(27)6-4-13/h3-6,10,14,22,27H,7-9,11H2,1-2H3,(H,23,24,25). The van der Waals surface area contributed by atoms with Crippen LogP contribution in [0, 0.1) is 6.92 Å². The molecule has 0 aliphatic carbocycles. The highest BCUT2D eigenvalue weighted by Gasteiger charge is 2.31. The number of pyridine rings is 1. The second-order valence-corrected chi connectivity index (χ2v) is 7.29. The number of aromatic nitrogens is 3. The molecule has 1 aromatic carbocycles. The van der Waals surface area contributed by atoms with Crippen molar-refractivity contribution in [3.63, 3.8) is 0 Å². The van der Waals surface area contributed by atoms with Gasteiger partial charge in [-0.15, -0.1) is 0 Å². The molecule has 1 unspecified atom stereocenters. The number of amides is 1. The van der Waals surface area contributed by atoms with Crippen LogP contribution in [-0.4, -0.2) is 69.9 Å². The van der Waals surface area contributed by atoms with E-state index in [4.69, 9.17) is 4.74 Å². The molecule has 4 rings (SSSR count). The van der Waals surface area contributed by atoms with Gasteiger partial charge < -0.3 is 20.1 Å². The van der Waals surface area contributed by atoms with Gasteiger partial charge in [-0.3, -0.25) is 14.7 Å². The number of nitrogens with one attached hydrogen (secondary N) is 2. The highest BCUT2D eigenvalue weighted by Crippen LogP contribution is 2.28. The van der Waals surface area contributed by atoms with Crippen LogP contribution in [0.15, 0.2) is 30.3 Å². The van der Waals surface area contributed by atoms with Gasteiger partial charge in [0.1, 0.15) is 5.75 Å². The Kier molecular flexibility index (Phi) is 5.37. The molecule has 2 aromatic heterocycles. The van der Waals surface area contributed by atoms with E-state index in [1.54, 1.807) is 35.2 Å². The van der Waals surface area contributed by atoms with E-state index < -0.39 is 0 Å². The number of H-pyrrole nitrogens is 1.